The zero-order valence-corrected chi connectivity index (χ0v) is 37.9. The SMILES string of the molecule is CC(=O)N[C@@H](CO)C(=O)N[C@H](C(=O)N[C@@H](CCC(=O)O)C(=O)N[C@H](C(=O)N[C@@H](CO)C(=O)N[C@@H](CC(C)C)C(=O)N[C@@H](CCC(=O)O)C(=O)N[C@H](C(=O)CN)C(C)C)C(C)C)C(C)C. The fraction of sp³-hybridized carbons (Fsp3) is 0.725. The number of hydrogen-bond acceptors (Lipinski definition) is 14. The predicted molar refractivity (Wildman–Crippen MR) is 227 cm³/mol. The number of hydrogen-bond donors (Lipinski definition) is 13. The second-order valence-electron chi connectivity index (χ2n) is 16.7. The third kappa shape index (κ3) is 21.1. The molecular weight excluding hydrogens is 846 g/mol. The van der Waals surface area contributed by atoms with Crippen LogP contribution >= 0.6 is 0 Å². The number of carboxylic acids is 2. The van der Waals surface area contributed by atoms with E-state index in [-0.39, 0.29) is 12.3 Å². The summed E-state index contributed by atoms with van der Waals surface area (Å²) in [6.07, 6.45) is -2.09. The first-order valence-corrected chi connectivity index (χ1v) is 21.0. The van der Waals surface area contributed by atoms with Gasteiger partial charge in [0.05, 0.1) is 25.8 Å². The van der Waals surface area contributed by atoms with E-state index in [1.165, 1.54) is 13.8 Å². The fourth-order valence-corrected chi connectivity index (χ4v) is 6.05. The van der Waals surface area contributed by atoms with Gasteiger partial charge in [0.15, 0.2) is 5.78 Å². The topological polar surface area (TPSA) is 391 Å². The summed E-state index contributed by atoms with van der Waals surface area (Å²) in [5.41, 5.74) is 5.48. The van der Waals surface area contributed by atoms with Crippen molar-refractivity contribution in [3.63, 3.8) is 0 Å². The number of rotatable bonds is 30. The molecule has 0 aromatic heterocycles. The Labute approximate surface area is 372 Å². The molecule has 0 aromatic rings. The number of aliphatic hydroxyl groups is 2. The molecule has 14 N–H and O–H groups in total. The van der Waals surface area contributed by atoms with Crippen LogP contribution in [0.2, 0.25) is 0 Å². The molecule has 0 aliphatic carbocycles. The summed E-state index contributed by atoms with van der Waals surface area (Å²) in [7, 11) is 0. The number of carboxylic acid groups (broad SMARTS) is 2. The first-order chi connectivity index (χ1) is 29.7. The average molecular weight is 916 g/mol. The molecule has 8 amide bonds. The number of amides is 8. The number of nitrogens with two attached hydrogens (primary N) is 1. The lowest BCUT2D eigenvalue weighted by Gasteiger charge is -2.29. The number of aliphatic carboxylic acids is 2. The summed E-state index contributed by atoms with van der Waals surface area (Å²) < 4.78 is 0. The predicted octanol–water partition coefficient (Wildman–Crippen LogP) is -3.86. The molecule has 0 rings (SSSR count). The maximum atomic E-state index is 13.7. The third-order valence-electron chi connectivity index (χ3n) is 9.60. The largest absolute Gasteiger partial charge is 0.481 e. The van der Waals surface area contributed by atoms with Crippen molar-refractivity contribution in [2.45, 2.75) is 143 Å². The van der Waals surface area contributed by atoms with Gasteiger partial charge in [0.2, 0.25) is 47.3 Å². The molecule has 0 aliphatic rings. The fourth-order valence-electron chi connectivity index (χ4n) is 6.05. The van der Waals surface area contributed by atoms with Gasteiger partial charge in [-0.05, 0) is 42.9 Å². The van der Waals surface area contributed by atoms with Crippen molar-refractivity contribution in [2.75, 3.05) is 19.8 Å². The lowest BCUT2D eigenvalue weighted by Crippen LogP contribution is -2.62. The van der Waals surface area contributed by atoms with Crippen molar-refractivity contribution in [2.24, 2.45) is 29.4 Å². The Bertz CT molecular complexity index is 1660. The smallest absolute Gasteiger partial charge is 0.303 e. The molecule has 0 bridgehead atoms. The molecule has 8 atom stereocenters. The molecule has 0 unspecified atom stereocenters. The van der Waals surface area contributed by atoms with Crippen molar-refractivity contribution in [3.05, 3.63) is 0 Å². The Morgan fingerprint density at radius 2 is 0.750 bits per heavy atom. The van der Waals surface area contributed by atoms with Gasteiger partial charge in [-0.1, -0.05) is 55.4 Å². The number of aliphatic hydroxyl groups excluding tert-OH is 2. The summed E-state index contributed by atoms with van der Waals surface area (Å²) >= 11 is 0. The second-order valence-corrected chi connectivity index (χ2v) is 16.7. The average Bonchev–Trinajstić information content (AvgIpc) is 3.19. The summed E-state index contributed by atoms with van der Waals surface area (Å²) in [4.78, 5) is 141. The first kappa shape index (κ1) is 58.2. The lowest BCUT2D eigenvalue weighted by molar-refractivity contribution is -0.139. The molecule has 0 aromatic carbocycles. The Morgan fingerprint density at radius 3 is 1.09 bits per heavy atom. The van der Waals surface area contributed by atoms with E-state index in [0.29, 0.717) is 0 Å². The standard InChI is InChI=1S/C40H69N9O15/c1-18(2)14-25(36(60)43-23(10-12-29(54)55)34(58)47-31(19(3)4)28(53)15-41)45-37(61)27(17-51)46-40(64)33(21(7)8)48-35(59)24(11-13-30(56)57)44-39(63)32(20(5)6)49-38(62)26(16-50)42-22(9)52/h18-21,23-27,31-33,50-51H,10-17,41H2,1-9H3,(H,42,52)(H,43,60)(H,44,63)(H,45,61)(H,46,64)(H,47,58)(H,48,59)(H,49,62)(H,54,55)(H,56,57)/t23-,24-,25-,26-,27-,31-,32-,33-/m0/s1. The zero-order valence-electron chi connectivity index (χ0n) is 37.9. The number of Topliss-reactive ketones (excluding diaryl/α,β-unsaturated/α-hetero) is 1. The van der Waals surface area contributed by atoms with Crippen molar-refractivity contribution in [1.29, 1.82) is 0 Å². The van der Waals surface area contributed by atoms with Gasteiger partial charge in [0, 0.05) is 19.8 Å². The molecule has 0 fully saturated rings. The van der Waals surface area contributed by atoms with E-state index in [0.717, 1.165) is 6.92 Å². The number of carbonyl (C=O) groups excluding carboxylic acids is 9. The van der Waals surface area contributed by atoms with Gasteiger partial charge in [-0.15, -0.1) is 0 Å². The molecule has 0 heterocycles. The number of carbonyl (C=O) groups is 11. The van der Waals surface area contributed by atoms with Gasteiger partial charge >= 0.3 is 11.9 Å². The van der Waals surface area contributed by atoms with Crippen molar-refractivity contribution in [1.82, 2.24) is 42.5 Å². The van der Waals surface area contributed by atoms with Gasteiger partial charge in [0.1, 0.15) is 42.3 Å². The summed E-state index contributed by atoms with van der Waals surface area (Å²) in [6.45, 7) is 11.7. The summed E-state index contributed by atoms with van der Waals surface area (Å²) in [5.74, 6) is -12.6. The molecule has 24 nitrogen and oxygen atoms in total. The van der Waals surface area contributed by atoms with Gasteiger partial charge in [-0.25, -0.2) is 0 Å². The molecule has 0 saturated carbocycles. The Hall–Kier alpha value is -5.75. The van der Waals surface area contributed by atoms with E-state index in [1.54, 1.807) is 41.5 Å². The molecular formula is C40H69N9O15. The monoisotopic (exact) mass is 915 g/mol. The Balaban J connectivity index is 6.34. The van der Waals surface area contributed by atoms with Gasteiger partial charge in [0.25, 0.3) is 0 Å². The van der Waals surface area contributed by atoms with Crippen LogP contribution in [0.4, 0.5) is 0 Å². The number of ketones is 1. The van der Waals surface area contributed by atoms with Crippen LogP contribution in [0.3, 0.4) is 0 Å². The molecule has 0 radical (unpaired) electrons. The van der Waals surface area contributed by atoms with Crippen LogP contribution in [-0.4, -0.2) is 153 Å². The van der Waals surface area contributed by atoms with Crippen molar-refractivity contribution < 1.29 is 73.2 Å². The Kier molecular flexibility index (Phi) is 26.3. The highest BCUT2D eigenvalue weighted by atomic mass is 16.4. The minimum absolute atomic E-state index is 0.0377. The van der Waals surface area contributed by atoms with Crippen LogP contribution in [-0.2, 0) is 52.7 Å². The van der Waals surface area contributed by atoms with E-state index in [4.69, 9.17) is 5.73 Å². The van der Waals surface area contributed by atoms with E-state index in [9.17, 15) is 73.2 Å². The van der Waals surface area contributed by atoms with Crippen molar-refractivity contribution >= 4 is 65.0 Å². The normalized spacial score (nSPS) is 15.0. The lowest BCUT2D eigenvalue weighted by atomic mass is 9.98. The minimum Gasteiger partial charge on any atom is -0.481 e. The summed E-state index contributed by atoms with van der Waals surface area (Å²) in [5, 5.41) is 57.5. The van der Waals surface area contributed by atoms with Crippen LogP contribution in [0.25, 0.3) is 0 Å². The van der Waals surface area contributed by atoms with E-state index in [2.05, 4.69) is 42.5 Å². The second kappa shape index (κ2) is 28.8. The van der Waals surface area contributed by atoms with Crippen LogP contribution in [0, 0.1) is 23.7 Å². The molecule has 24 heteroatoms. The van der Waals surface area contributed by atoms with E-state index >= 15 is 0 Å². The van der Waals surface area contributed by atoms with E-state index in [1.807, 2.05) is 0 Å². The maximum Gasteiger partial charge on any atom is 0.303 e. The van der Waals surface area contributed by atoms with Gasteiger partial charge in [-0.3, -0.25) is 52.7 Å². The highest BCUT2D eigenvalue weighted by Gasteiger charge is 2.36. The van der Waals surface area contributed by atoms with Gasteiger partial charge in [-0.2, -0.15) is 0 Å². The molecule has 0 saturated heterocycles. The highest BCUT2D eigenvalue weighted by molar-refractivity contribution is 5.98. The Morgan fingerprint density at radius 1 is 0.438 bits per heavy atom. The highest BCUT2D eigenvalue weighted by Crippen LogP contribution is 2.11. The maximum absolute atomic E-state index is 13.7. The molecule has 0 spiro atoms. The third-order valence-corrected chi connectivity index (χ3v) is 9.60. The summed E-state index contributed by atoms with van der Waals surface area (Å²) in [6, 6.07) is -11.5. The van der Waals surface area contributed by atoms with Crippen LogP contribution < -0.4 is 48.3 Å². The first-order valence-electron chi connectivity index (χ1n) is 21.0. The minimum atomic E-state index is -1.73. The van der Waals surface area contributed by atoms with Crippen LogP contribution in [0.5, 0.6) is 0 Å². The number of nitrogens with one attached hydrogen (secondary N) is 8. The van der Waals surface area contributed by atoms with Gasteiger partial charge < -0.3 is 68.7 Å². The van der Waals surface area contributed by atoms with Crippen LogP contribution in [0.15, 0.2) is 0 Å². The molecule has 64 heavy (non-hydrogen) atoms. The zero-order chi connectivity index (χ0) is 49.6. The van der Waals surface area contributed by atoms with Crippen LogP contribution in [0.1, 0.15) is 94.4 Å². The molecule has 364 valence electrons. The van der Waals surface area contributed by atoms with Crippen molar-refractivity contribution in [3.8, 4) is 0 Å². The quantitative estimate of drug-likeness (QED) is 0.0328. The van der Waals surface area contributed by atoms with E-state index < -0.39 is 177 Å². The molecule has 0 aliphatic heterocycles.